The van der Waals surface area contributed by atoms with Gasteiger partial charge in [-0.05, 0) is 98.1 Å². The SMILES string of the molecule is c1ccc(-c2ccc3c(c2)c2ccccc2n3-c2ccc3c(c2)C2(c4ccccc4-3)c3ccccc3-c3c2ccc2sc4ccccc4c32)cc1. The van der Waals surface area contributed by atoms with E-state index in [0.29, 0.717) is 0 Å². The summed E-state index contributed by atoms with van der Waals surface area (Å²) in [7, 11) is 0. The first-order valence-electron chi connectivity index (χ1n) is 17.7. The Morgan fingerprint density at radius 2 is 1.08 bits per heavy atom. The molecule has 2 heteroatoms. The number of nitrogens with zero attached hydrogens (tertiary/aromatic N) is 1. The molecule has 2 heterocycles. The van der Waals surface area contributed by atoms with Crippen LogP contribution < -0.4 is 0 Å². The predicted molar refractivity (Wildman–Crippen MR) is 215 cm³/mol. The van der Waals surface area contributed by atoms with E-state index in [2.05, 4.69) is 180 Å². The molecule has 12 rings (SSSR count). The highest BCUT2D eigenvalue weighted by Crippen LogP contribution is 2.64. The number of fused-ring (bicyclic) bond motifs is 17. The second kappa shape index (κ2) is 9.94. The van der Waals surface area contributed by atoms with Crippen molar-refractivity contribution in [3.63, 3.8) is 0 Å². The molecule has 0 N–H and O–H groups in total. The smallest absolute Gasteiger partial charge is 0.0726 e. The number of aromatic nitrogens is 1. The highest BCUT2D eigenvalue weighted by molar-refractivity contribution is 7.26. The normalized spacial score (nSPS) is 15.5. The third kappa shape index (κ3) is 3.45. The molecular weight excluding hydrogens is 635 g/mol. The van der Waals surface area contributed by atoms with Gasteiger partial charge in [0.2, 0.25) is 0 Å². The van der Waals surface area contributed by atoms with Crippen LogP contribution in [0, 0.1) is 0 Å². The van der Waals surface area contributed by atoms with Crippen molar-refractivity contribution in [2.24, 2.45) is 0 Å². The van der Waals surface area contributed by atoms with Crippen molar-refractivity contribution >= 4 is 53.3 Å². The minimum Gasteiger partial charge on any atom is -0.309 e. The van der Waals surface area contributed by atoms with E-state index in [1.807, 2.05) is 11.3 Å². The van der Waals surface area contributed by atoms with E-state index in [9.17, 15) is 0 Å². The van der Waals surface area contributed by atoms with Crippen LogP contribution in [0.5, 0.6) is 0 Å². The fraction of sp³-hybridized carbons (Fsp3) is 0.0204. The van der Waals surface area contributed by atoms with Gasteiger partial charge in [-0.3, -0.25) is 0 Å². The number of para-hydroxylation sites is 1. The maximum Gasteiger partial charge on any atom is 0.0726 e. The first kappa shape index (κ1) is 27.6. The highest BCUT2D eigenvalue weighted by Gasteiger charge is 2.52. The lowest BCUT2D eigenvalue weighted by atomic mass is 9.70. The molecule has 236 valence electrons. The third-order valence-electron chi connectivity index (χ3n) is 11.6. The molecule has 0 saturated carbocycles. The number of rotatable bonds is 2. The van der Waals surface area contributed by atoms with Crippen molar-refractivity contribution in [3.8, 4) is 39.1 Å². The molecule has 0 fully saturated rings. The van der Waals surface area contributed by atoms with Gasteiger partial charge >= 0.3 is 0 Å². The van der Waals surface area contributed by atoms with Crippen molar-refractivity contribution in [1.82, 2.24) is 4.57 Å². The zero-order chi connectivity index (χ0) is 33.3. The van der Waals surface area contributed by atoms with Crippen LogP contribution in [0.2, 0.25) is 0 Å². The summed E-state index contributed by atoms with van der Waals surface area (Å²) in [5, 5.41) is 5.28. The Morgan fingerprint density at radius 3 is 1.96 bits per heavy atom. The molecule has 0 saturated heterocycles. The molecule has 1 atom stereocenters. The van der Waals surface area contributed by atoms with Crippen LogP contribution in [-0.2, 0) is 5.41 Å². The zero-order valence-electron chi connectivity index (χ0n) is 27.6. The molecule has 0 amide bonds. The van der Waals surface area contributed by atoms with Crippen molar-refractivity contribution in [2.45, 2.75) is 5.41 Å². The second-order valence-electron chi connectivity index (χ2n) is 14.0. The minimum atomic E-state index is -0.426. The Balaban J connectivity index is 1.18. The fourth-order valence-corrected chi connectivity index (χ4v) is 10.7. The molecule has 2 aliphatic rings. The zero-order valence-corrected chi connectivity index (χ0v) is 28.4. The molecule has 0 bridgehead atoms. The first-order chi connectivity index (χ1) is 25.3. The van der Waals surface area contributed by atoms with Gasteiger partial charge in [0.1, 0.15) is 0 Å². The molecule has 51 heavy (non-hydrogen) atoms. The van der Waals surface area contributed by atoms with Crippen LogP contribution in [0.1, 0.15) is 22.3 Å². The van der Waals surface area contributed by atoms with Gasteiger partial charge in [0, 0.05) is 36.6 Å². The van der Waals surface area contributed by atoms with E-state index in [1.54, 1.807) is 0 Å². The Hall–Kier alpha value is -6.22. The third-order valence-corrected chi connectivity index (χ3v) is 12.8. The Labute approximate surface area is 299 Å². The lowest BCUT2D eigenvalue weighted by molar-refractivity contribution is 0.793. The number of thiophene rings is 1. The molecule has 0 radical (unpaired) electrons. The van der Waals surface area contributed by atoms with E-state index in [4.69, 9.17) is 0 Å². The van der Waals surface area contributed by atoms with Crippen molar-refractivity contribution < 1.29 is 0 Å². The van der Waals surface area contributed by atoms with Gasteiger partial charge in [-0.2, -0.15) is 0 Å². The molecular formula is C49H29NS. The van der Waals surface area contributed by atoms with Crippen LogP contribution in [0.25, 0.3) is 81.0 Å². The molecule has 10 aromatic rings. The van der Waals surface area contributed by atoms with Gasteiger partial charge in [0.15, 0.2) is 0 Å². The summed E-state index contributed by atoms with van der Waals surface area (Å²) in [6.45, 7) is 0. The molecule has 0 aliphatic heterocycles. The summed E-state index contributed by atoms with van der Waals surface area (Å²) >= 11 is 1.90. The second-order valence-corrected chi connectivity index (χ2v) is 15.1. The van der Waals surface area contributed by atoms with Crippen LogP contribution in [0.3, 0.4) is 0 Å². The molecule has 1 nitrogen and oxygen atoms in total. The number of benzene rings is 8. The van der Waals surface area contributed by atoms with Gasteiger partial charge < -0.3 is 4.57 Å². The quantitative estimate of drug-likeness (QED) is 0.173. The van der Waals surface area contributed by atoms with Gasteiger partial charge in [0.25, 0.3) is 0 Å². The summed E-state index contributed by atoms with van der Waals surface area (Å²) in [4.78, 5) is 0. The molecule has 8 aromatic carbocycles. The van der Waals surface area contributed by atoms with Crippen LogP contribution in [0.4, 0.5) is 0 Å². The Bertz CT molecular complexity index is 3090. The van der Waals surface area contributed by atoms with Crippen LogP contribution in [-0.4, -0.2) is 4.57 Å². The fourth-order valence-electron chi connectivity index (χ4n) is 9.63. The largest absolute Gasteiger partial charge is 0.309 e. The van der Waals surface area contributed by atoms with Gasteiger partial charge in [-0.1, -0.05) is 133 Å². The molecule has 2 aliphatic carbocycles. The van der Waals surface area contributed by atoms with E-state index in [-0.39, 0.29) is 0 Å². The first-order valence-corrected chi connectivity index (χ1v) is 18.5. The van der Waals surface area contributed by atoms with Crippen LogP contribution >= 0.6 is 11.3 Å². The van der Waals surface area contributed by atoms with E-state index >= 15 is 0 Å². The molecule has 1 unspecified atom stereocenters. The maximum absolute atomic E-state index is 2.51. The summed E-state index contributed by atoms with van der Waals surface area (Å²) in [5.74, 6) is 0. The standard InChI is InChI=1S/C49H29NS/c1-2-12-30(13-3-1)31-22-26-44-38(28-31)35-15-6-10-20-43(35)50(44)32-23-24-34-33-14-4-8-18-39(33)49(42(34)29-32)40-19-9-5-16-36(40)47-41(49)25-27-46-48(47)37-17-7-11-21-45(37)51-46/h1-29H. The van der Waals surface area contributed by atoms with Gasteiger partial charge in [0.05, 0.1) is 16.4 Å². The van der Waals surface area contributed by atoms with Crippen molar-refractivity contribution in [2.75, 3.05) is 0 Å². The summed E-state index contributed by atoms with van der Waals surface area (Å²) < 4.78 is 5.17. The van der Waals surface area contributed by atoms with Crippen molar-refractivity contribution in [3.05, 3.63) is 198 Å². The van der Waals surface area contributed by atoms with Gasteiger partial charge in [-0.25, -0.2) is 0 Å². The number of hydrogen-bond donors (Lipinski definition) is 0. The van der Waals surface area contributed by atoms with Gasteiger partial charge in [-0.15, -0.1) is 11.3 Å². The van der Waals surface area contributed by atoms with E-state index < -0.39 is 5.41 Å². The molecule has 2 aromatic heterocycles. The Kier molecular flexibility index (Phi) is 5.38. The highest BCUT2D eigenvalue weighted by atomic mass is 32.1. The predicted octanol–water partition coefficient (Wildman–Crippen LogP) is 13.2. The average molecular weight is 664 g/mol. The van der Waals surface area contributed by atoms with E-state index in [0.717, 1.165) is 0 Å². The number of hydrogen-bond acceptors (Lipinski definition) is 1. The molecule has 1 spiro atoms. The lowest BCUT2D eigenvalue weighted by Crippen LogP contribution is -2.26. The summed E-state index contributed by atoms with van der Waals surface area (Å²) in [5.41, 5.74) is 16.6. The monoisotopic (exact) mass is 663 g/mol. The van der Waals surface area contributed by atoms with Crippen LogP contribution in [0.15, 0.2) is 176 Å². The Morgan fingerprint density at radius 1 is 0.392 bits per heavy atom. The lowest BCUT2D eigenvalue weighted by Gasteiger charge is -2.30. The average Bonchev–Trinajstić information content (AvgIpc) is 3.91. The summed E-state index contributed by atoms with van der Waals surface area (Å²) in [6, 6.07) is 65.8. The van der Waals surface area contributed by atoms with E-state index in [1.165, 1.54) is 103 Å². The summed E-state index contributed by atoms with van der Waals surface area (Å²) in [6.07, 6.45) is 0. The topological polar surface area (TPSA) is 4.93 Å². The maximum atomic E-state index is 2.51. The minimum absolute atomic E-state index is 0.426. The van der Waals surface area contributed by atoms with Crippen molar-refractivity contribution in [1.29, 1.82) is 0 Å².